The Hall–Kier alpha value is -3.90. The van der Waals surface area contributed by atoms with Crippen molar-refractivity contribution in [2.45, 2.75) is 26.2 Å². The topological polar surface area (TPSA) is 0 Å². The fourth-order valence-electron chi connectivity index (χ4n) is 6.04. The Balaban J connectivity index is 1.44. The second kappa shape index (κ2) is 7.57. The molecule has 0 N–H and O–H groups in total. The van der Waals surface area contributed by atoms with Gasteiger partial charge in [-0.25, -0.2) is 0 Å². The third-order valence-electron chi connectivity index (χ3n) is 7.69. The molecule has 6 aromatic rings. The molecule has 0 amide bonds. The molecule has 0 nitrogen and oxygen atoms in total. The van der Waals surface area contributed by atoms with E-state index in [-0.39, 0.29) is 0 Å². The highest BCUT2D eigenvalue weighted by Gasteiger charge is 2.18. The van der Waals surface area contributed by atoms with E-state index in [0.717, 1.165) is 19.3 Å². The molecule has 0 bridgehead atoms. The molecule has 0 aromatic heterocycles. The predicted molar refractivity (Wildman–Crippen MR) is 146 cm³/mol. The second-order valence-electron chi connectivity index (χ2n) is 9.61. The summed E-state index contributed by atoms with van der Waals surface area (Å²) >= 11 is 0. The van der Waals surface area contributed by atoms with Gasteiger partial charge in [-0.2, -0.15) is 0 Å². The van der Waals surface area contributed by atoms with Gasteiger partial charge < -0.3 is 0 Å². The lowest BCUT2D eigenvalue weighted by atomic mass is 9.88. The van der Waals surface area contributed by atoms with Gasteiger partial charge in [-0.1, -0.05) is 97.9 Å². The fraction of sp³-hybridized carbons (Fsp3) is 0.118. The lowest BCUT2D eigenvalue weighted by Gasteiger charge is -2.15. The van der Waals surface area contributed by atoms with Crippen molar-refractivity contribution in [2.24, 2.45) is 0 Å². The Kier molecular flexibility index (Phi) is 4.35. The number of rotatable bonds is 3. The summed E-state index contributed by atoms with van der Waals surface area (Å²) in [5, 5.41) is 8.22. The third kappa shape index (κ3) is 2.92. The van der Waals surface area contributed by atoms with Crippen molar-refractivity contribution in [1.82, 2.24) is 0 Å². The van der Waals surface area contributed by atoms with E-state index in [1.807, 2.05) is 0 Å². The Labute approximate surface area is 200 Å². The summed E-state index contributed by atoms with van der Waals surface area (Å²) in [4.78, 5) is 0. The van der Waals surface area contributed by atoms with Gasteiger partial charge in [0.1, 0.15) is 0 Å². The number of aryl methyl sites for hydroxylation is 1. The van der Waals surface area contributed by atoms with Crippen molar-refractivity contribution in [3.05, 3.63) is 131 Å². The van der Waals surface area contributed by atoms with Crippen LogP contribution in [0.15, 0.2) is 103 Å². The molecule has 0 atom stereocenters. The average Bonchev–Trinajstić information content (AvgIpc) is 3.26. The van der Waals surface area contributed by atoms with Crippen molar-refractivity contribution < 1.29 is 0 Å². The zero-order valence-electron chi connectivity index (χ0n) is 19.4. The highest BCUT2D eigenvalue weighted by atomic mass is 14.2. The second-order valence-corrected chi connectivity index (χ2v) is 9.61. The van der Waals surface area contributed by atoms with E-state index in [9.17, 15) is 0 Å². The van der Waals surface area contributed by atoms with Crippen molar-refractivity contribution in [3.8, 4) is 11.1 Å². The molecule has 0 fully saturated rings. The Morgan fingerprint density at radius 2 is 1.09 bits per heavy atom. The summed E-state index contributed by atoms with van der Waals surface area (Å²) in [7, 11) is 0. The minimum absolute atomic E-state index is 0.940. The van der Waals surface area contributed by atoms with Crippen LogP contribution in [0, 0.1) is 0 Å². The van der Waals surface area contributed by atoms with Crippen LogP contribution in [-0.2, 0) is 19.3 Å². The largest absolute Gasteiger partial charge is 0.0619 e. The van der Waals surface area contributed by atoms with Crippen LogP contribution in [0.1, 0.15) is 34.7 Å². The Morgan fingerprint density at radius 1 is 0.500 bits per heavy atom. The van der Waals surface area contributed by atoms with Gasteiger partial charge in [-0.05, 0) is 103 Å². The zero-order chi connectivity index (χ0) is 22.6. The molecule has 162 valence electrons. The van der Waals surface area contributed by atoms with Crippen molar-refractivity contribution in [1.29, 1.82) is 0 Å². The predicted octanol–water partition coefficient (Wildman–Crippen LogP) is 8.87. The summed E-state index contributed by atoms with van der Waals surface area (Å²) in [6, 6.07) is 38.7. The zero-order valence-corrected chi connectivity index (χ0v) is 19.4. The first-order chi connectivity index (χ1) is 16.8. The van der Waals surface area contributed by atoms with E-state index in [2.05, 4.69) is 110 Å². The molecule has 0 spiro atoms. The summed E-state index contributed by atoms with van der Waals surface area (Å²) in [5.74, 6) is 0. The first-order valence-electron chi connectivity index (χ1n) is 12.3. The van der Waals surface area contributed by atoms with Gasteiger partial charge >= 0.3 is 0 Å². The normalized spacial score (nSPS) is 12.4. The molecular weight excluding hydrogens is 408 g/mol. The van der Waals surface area contributed by atoms with Crippen molar-refractivity contribution >= 4 is 32.3 Å². The van der Waals surface area contributed by atoms with Crippen LogP contribution >= 0.6 is 0 Å². The van der Waals surface area contributed by atoms with Gasteiger partial charge in [0.05, 0.1) is 0 Å². The quantitative estimate of drug-likeness (QED) is 0.244. The van der Waals surface area contributed by atoms with Crippen LogP contribution in [0.25, 0.3) is 43.4 Å². The maximum atomic E-state index is 2.46. The average molecular weight is 435 g/mol. The number of fused-ring (bicyclic) bond motifs is 8. The summed E-state index contributed by atoms with van der Waals surface area (Å²) in [6.07, 6.45) is 3.04. The lowest BCUT2D eigenvalue weighted by molar-refractivity contribution is 1.16. The van der Waals surface area contributed by atoms with Gasteiger partial charge in [0.25, 0.3) is 0 Å². The van der Waals surface area contributed by atoms with Gasteiger partial charge in [0.15, 0.2) is 0 Å². The van der Waals surface area contributed by atoms with Gasteiger partial charge in [0.2, 0.25) is 0 Å². The number of benzene rings is 6. The monoisotopic (exact) mass is 434 g/mol. The smallest absolute Gasteiger partial charge is 0.00135 e. The Morgan fingerprint density at radius 3 is 1.82 bits per heavy atom. The van der Waals surface area contributed by atoms with Crippen LogP contribution in [0.2, 0.25) is 0 Å². The van der Waals surface area contributed by atoms with Crippen LogP contribution in [-0.4, -0.2) is 0 Å². The fourth-order valence-corrected chi connectivity index (χ4v) is 6.04. The van der Waals surface area contributed by atoms with Crippen molar-refractivity contribution in [3.63, 3.8) is 0 Å². The van der Waals surface area contributed by atoms with Crippen LogP contribution in [0.4, 0.5) is 0 Å². The molecule has 0 unspecified atom stereocenters. The van der Waals surface area contributed by atoms with E-state index in [0.29, 0.717) is 0 Å². The molecule has 7 rings (SSSR count). The molecule has 0 radical (unpaired) electrons. The molecule has 1 aliphatic rings. The Bertz CT molecular complexity index is 1740. The minimum atomic E-state index is 0.940. The van der Waals surface area contributed by atoms with Gasteiger partial charge in [0, 0.05) is 0 Å². The van der Waals surface area contributed by atoms with Crippen molar-refractivity contribution in [2.75, 3.05) is 0 Å². The molecule has 0 saturated heterocycles. The standard InChI is InChI=1S/C34H26/c1-2-23-20-33-31-14-8-6-12-29(31)26(21-34(33)30-13-7-5-10-27(23)30)17-22-15-16-25-19-24-9-3-4-11-28(24)32(25)18-22/h3-16,18,20-21H,2,17,19H2,1H3. The van der Waals surface area contributed by atoms with E-state index in [1.165, 1.54) is 71.3 Å². The van der Waals surface area contributed by atoms with E-state index in [4.69, 9.17) is 0 Å². The molecule has 1 aliphatic carbocycles. The van der Waals surface area contributed by atoms with Crippen LogP contribution in [0.3, 0.4) is 0 Å². The molecule has 0 heteroatoms. The van der Waals surface area contributed by atoms with E-state index in [1.54, 1.807) is 0 Å². The first-order valence-corrected chi connectivity index (χ1v) is 12.3. The maximum Gasteiger partial charge on any atom is -0.00135 e. The molecule has 6 aromatic carbocycles. The van der Waals surface area contributed by atoms with Crippen LogP contribution in [0.5, 0.6) is 0 Å². The maximum absolute atomic E-state index is 2.46. The van der Waals surface area contributed by atoms with E-state index < -0.39 is 0 Å². The molecule has 0 saturated carbocycles. The molecular formula is C34H26. The van der Waals surface area contributed by atoms with E-state index >= 15 is 0 Å². The number of hydrogen-bond donors (Lipinski definition) is 0. The minimum Gasteiger partial charge on any atom is -0.0619 e. The lowest BCUT2D eigenvalue weighted by Crippen LogP contribution is -1.94. The molecule has 0 aliphatic heterocycles. The third-order valence-corrected chi connectivity index (χ3v) is 7.69. The SMILES string of the molecule is CCc1cc2c3ccccc3c(Cc3ccc4c(c3)-c3ccccc3C4)cc2c2ccccc12. The highest BCUT2D eigenvalue weighted by Crippen LogP contribution is 2.39. The summed E-state index contributed by atoms with van der Waals surface area (Å²) in [5.41, 5.74) is 9.93. The number of hydrogen-bond acceptors (Lipinski definition) is 0. The summed E-state index contributed by atoms with van der Waals surface area (Å²) < 4.78 is 0. The summed E-state index contributed by atoms with van der Waals surface area (Å²) in [6.45, 7) is 2.26. The van der Waals surface area contributed by atoms with Crippen LogP contribution < -0.4 is 0 Å². The highest BCUT2D eigenvalue weighted by molar-refractivity contribution is 6.19. The van der Waals surface area contributed by atoms with Gasteiger partial charge in [-0.15, -0.1) is 0 Å². The molecule has 34 heavy (non-hydrogen) atoms. The first kappa shape index (κ1) is 19.6. The molecule has 0 heterocycles. The van der Waals surface area contributed by atoms with Gasteiger partial charge in [-0.3, -0.25) is 0 Å².